The van der Waals surface area contributed by atoms with Gasteiger partial charge in [0.15, 0.2) is 0 Å². The highest BCUT2D eigenvalue weighted by Gasteiger charge is 2.44. The van der Waals surface area contributed by atoms with Crippen molar-refractivity contribution < 1.29 is 9.59 Å². The number of carbonyl (C=O) groups excluding carboxylic acids is 2. The molecule has 5 nitrogen and oxygen atoms in total. The number of hydrogen-bond donors (Lipinski definition) is 1. The van der Waals surface area contributed by atoms with Crippen molar-refractivity contribution in [3.05, 3.63) is 70.6 Å². The summed E-state index contributed by atoms with van der Waals surface area (Å²) in [7, 11) is 0. The van der Waals surface area contributed by atoms with Gasteiger partial charge >= 0.3 is 0 Å². The largest absolute Gasteiger partial charge is 0.307 e. The summed E-state index contributed by atoms with van der Waals surface area (Å²) in [5.41, 5.74) is 5.28. The predicted molar refractivity (Wildman–Crippen MR) is 119 cm³/mol. The van der Waals surface area contributed by atoms with E-state index in [9.17, 15) is 9.59 Å². The summed E-state index contributed by atoms with van der Waals surface area (Å²) in [6.45, 7) is 7.93. The first-order valence-corrected chi connectivity index (χ1v) is 10.4. The molecular weight excluding hydrogens is 374 g/mol. The van der Waals surface area contributed by atoms with Crippen LogP contribution in [0, 0.1) is 25.7 Å². The second kappa shape index (κ2) is 7.98. The molecule has 2 aliphatic rings. The van der Waals surface area contributed by atoms with Crippen molar-refractivity contribution in [2.24, 2.45) is 16.8 Å². The molecule has 0 bridgehead atoms. The number of Topliss-reactive ketones (excluding diaryl/α,β-unsaturated/α-hetero) is 1. The molecule has 1 aromatic carbocycles. The van der Waals surface area contributed by atoms with Crippen LogP contribution in [0.1, 0.15) is 49.3 Å². The monoisotopic (exact) mass is 401 g/mol. The Morgan fingerprint density at radius 3 is 2.33 bits per heavy atom. The van der Waals surface area contributed by atoms with E-state index in [1.165, 1.54) is 0 Å². The predicted octanol–water partition coefficient (Wildman–Crippen LogP) is 4.76. The third kappa shape index (κ3) is 3.84. The van der Waals surface area contributed by atoms with E-state index >= 15 is 0 Å². The van der Waals surface area contributed by atoms with E-state index in [1.54, 1.807) is 12.3 Å². The Labute approximate surface area is 177 Å². The number of amides is 1. The molecule has 0 saturated heterocycles. The number of nitrogens with zero attached hydrogens (tertiary/aromatic N) is 2. The van der Waals surface area contributed by atoms with Gasteiger partial charge in [-0.25, -0.2) is 4.98 Å². The van der Waals surface area contributed by atoms with Crippen LogP contribution in [0.3, 0.4) is 0 Å². The number of anilines is 1. The molecule has 4 rings (SSSR count). The van der Waals surface area contributed by atoms with Gasteiger partial charge < -0.3 is 5.32 Å². The maximum Gasteiger partial charge on any atom is 0.255 e. The lowest BCUT2D eigenvalue weighted by molar-refractivity contribution is -0.123. The van der Waals surface area contributed by atoms with E-state index in [-0.39, 0.29) is 29.4 Å². The van der Waals surface area contributed by atoms with Crippen LogP contribution in [0.5, 0.6) is 0 Å². The molecular formula is C25H27N3O2. The molecule has 1 unspecified atom stereocenters. The molecule has 30 heavy (non-hydrogen) atoms. The smallest absolute Gasteiger partial charge is 0.255 e. The van der Waals surface area contributed by atoms with Gasteiger partial charge in [0.2, 0.25) is 0 Å². The molecule has 1 aliphatic heterocycles. The topological polar surface area (TPSA) is 71.4 Å². The number of aryl methyl sites for hydroxylation is 2. The number of benzene rings is 1. The number of hydrogen-bond acceptors (Lipinski definition) is 4. The van der Waals surface area contributed by atoms with Crippen LogP contribution >= 0.6 is 0 Å². The van der Waals surface area contributed by atoms with Crippen molar-refractivity contribution >= 4 is 23.2 Å². The van der Waals surface area contributed by atoms with Gasteiger partial charge in [0.25, 0.3) is 5.91 Å². The van der Waals surface area contributed by atoms with Crippen LogP contribution in [0.4, 0.5) is 5.82 Å². The van der Waals surface area contributed by atoms with Crippen molar-refractivity contribution in [1.29, 1.82) is 0 Å². The molecule has 1 aromatic heterocycles. The van der Waals surface area contributed by atoms with Crippen LogP contribution < -0.4 is 5.32 Å². The minimum Gasteiger partial charge on any atom is -0.307 e. The second-order valence-electron chi connectivity index (χ2n) is 8.62. The normalized spacial score (nSPS) is 23.7. The van der Waals surface area contributed by atoms with E-state index in [1.807, 2.05) is 51.1 Å². The summed E-state index contributed by atoms with van der Waals surface area (Å²) in [6.07, 6.45) is 3.04. The summed E-state index contributed by atoms with van der Waals surface area (Å²) in [5.74, 6) is -0.00565. The Bertz CT molecular complexity index is 1050. The molecule has 1 fully saturated rings. The van der Waals surface area contributed by atoms with Gasteiger partial charge in [-0.2, -0.15) is 0 Å². The van der Waals surface area contributed by atoms with Gasteiger partial charge in [0.1, 0.15) is 11.6 Å². The fourth-order valence-corrected chi connectivity index (χ4v) is 4.54. The highest BCUT2D eigenvalue weighted by Crippen LogP contribution is 2.44. The van der Waals surface area contributed by atoms with Crippen LogP contribution in [0.15, 0.2) is 58.9 Å². The second-order valence-corrected chi connectivity index (χ2v) is 8.62. The van der Waals surface area contributed by atoms with Crippen LogP contribution in [0.2, 0.25) is 0 Å². The molecule has 1 amide bonds. The number of aliphatic imine (C=N–C) groups is 1. The van der Waals surface area contributed by atoms with Gasteiger partial charge in [-0.1, -0.05) is 42.8 Å². The standard InChI is InChI=1S/C25H27N3O2/c1-14-5-8-18(9-6-14)23-22(25(30)28-21-10-7-15(2)13-26-21)17(4)27-19-11-16(3)12-20(29)24(19)23/h5-10,13,16,23-24H,11-12H2,1-4H3,(H,26,28,30)/t16-,23+,24?/m1/s1. The van der Waals surface area contributed by atoms with Gasteiger partial charge in [0.05, 0.1) is 5.92 Å². The number of fused-ring (bicyclic) bond motifs is 1. The Kier molecular flexibility index (Phi) is 5.37. The average Bonchev–Trinajstić information content (AvgIpc) is 2.69. The van der Waals surface area contributed by atoms with E-state index in [0.717, 1.165) is 28.8 Å². The van der Waals surface area contributed by atoms with E-state index in [4.69, 9.17) is 4.99 Å². The summed E-state index contributed by atoms with van der Waals surface area (Å²) in [6, 6.07) is 11.8. The average molecular weight is 402 g/mol. The maximum absolute atomic E-state index is 13.4. The quantitative estimate of drug-likeness (QED) is 0.806. The van der Waals surface area contributed by atoms with Crippen molar-refractivity contribution in [2.45, 2.75) is 46.5 Å². The molecule has 154 valence electrons. The Hall–Kier alpha value is -3.08. The highest BCUT2D eigenvalue weighted by molar-refractivity contribution is 6.14. The molecule has 2 heterocycles. The first kappa shape index (κ1) is 20.2. The summed E-state index contributed by atoms with van der Waals surface area (Å²) < 4.78 is 0. The summed E-state index contributed by atoms with van der Waals surface area (Å²) in [5, 5.41) is 2.91. The lowest BCUT2D eigenvalue weighted by atomic mass is 9.67. The minimum absolute atomic E-state index is 0.171. The Morgan fingerprint density at radius 2 is 1.67 bits per heavy atom. The Balaban J connectivity index is 1.78. The number of aromatic nitrogens is 1. The number of carbonyl (C=O) groups is 2. The third-order valence-corrected chi connectivity index (χ3v) is 5.99. The van der Waals surface area contributed by atoms with E-state index in [0.29, 0.717) is 23.5 Å². The summed E-state index contributed by atoms with van der Waals surface area (Å²) in [4.78, 5) is 35.5. The number of nitrogens with one attached hydrogen (secondary N) is 1. The first-order valence-electron chi connectivity index (χ1n) is 10.4. The SMILES string of the molecule is CC1=C(C(=O)Nc2ccc(C)cn2)[C@H](c2ccc(C)cc2)C2C(=O)C[C@H](C)CC2=N1. The fourth-order valence-electron chi connectivity index (χ4n) is 4.54. The lowest BCUT2D eigenvalue weighted by Crippen LogP contribution is -2.41. The molecule has 0 spiro atoms. The number of pyridine rings is 1. The highest BCUT2D eigenvalue weighted by atomic mass is 16.2. The summed E-state index contributed by atoms with van der Waals surface area (Å²) >= 11 is 0. The molecule has 3 atom stereocenters. The fraction of sp³-hybridized carbons (Fsp3) is 0.360. The van der Waals surface area contributed by atoms with Gasteiger partial charge in [-0.3, -0.25) is 14.6 Å². The minimum atomic E-state index is -0.376. The molecule has 5 heteroatoms. The van der Waals surface area contributed by atoms with Crippen molar-refractivity contribution in [3.63, 3.8) is 0 Å². The van der Waals surface area contributed by atoms with Crippen LogP contribution in [-0.4, -0.2) is 22.4 Å². The zero-order chi connectivity index (χ0) is 21.4. The van der Waals surface area contributed by atoms with E-state index < -0.39 is 0 Å². The van der Waals surface area contributed by atoms with Crippen molar-refractivity contribution in [3.8, 4) is 0 Å². The third-order valence-electron chi connectivity index (χ3n) is 5.99. The van der Waals surface area contributed by atoms with Crippen molar-refractivity contribution in [1.82, 2.24) is 4.98 Å². The van der Waals surface area contributed by atoms with Gasteiger partial charge in [0, 0.05) is 35.5 Å². The maximum atomic E-state index is 13.4. The Morgan fingerprint density at radius 1 is 0.967 bits per heavy atom. The van der Waals surface area contributed by atoms with E-state index in [2.05, 4.69) is 17.2 Å². The molecule has 0 radical (unpaired) electrons. The molecule has 1 aliphatic carbocycles. The van der Waals surface area contributed by atoms with Gasteiger partial charge in [-0.15, -0.1) is 0 Å². The first-order chi connectivity index (χ1) is 14.3. The van der Waals surface area contributed by atoms with Crippen molar-refractivity contribution in [2.75, 3.05) is 5.32 Å². The van der Waals surface area contributed by atoms with Gasteiger partial charge in [-0.05, 0) is 50.3 Å². The molecule has 2 aromatic rings. The molecule has 1 saturated carbocycles. The lowest BCUT2D eigenvalue weighted by Gasteiger charge is -2.37. The zero-order valence-corrected chi connectivity index (χ0v) is 17.9. The van der Waals surface area contributed by atoms with Crippen LogP contribution in [0.25, 0.3) is 0 Å². The number of rotatable bonds is 3. The zero-order valence-electron chi connectivity index (χ0n) is 17.9. The molecule has 1 N–H and O–H groups in total. The number of ketones is 1. The number of allylic oxidation sites excluding steroid dienone is 1. The van der Waals surface area contributed by atoms with Crippen LogP contribution in [-0.2, 0) is 9.59 Å².